The van der Waals surface area contributed by atoms with Crippen LogP contribution in [0.5, 0.6) is 0 Å². The van der Waals surface area contributed by atoms with Gasteiger partial charge in [0.05, 0.1) is 0 Å². The van der Waals surface area contributed by atoms with Crippen molar-refractivity contribution in [2.75, 3.05) is 13.1 Å². The normalized spacial score (nSPS) is 18.7. The summed E-state index contributed by atoms with van der Waals surface area (Å²) in [5.41, 5.74) is -0.650. The van der Waals surface area contributed by atoms with E-state index in [1.807, 2.05) is 0 Å². The van der Waals surface area contributed by atoms with Gasteiger partial charge in [0.15, 0.2) is 0 Å². The molecule has 21 heavy (non-hydrogen) atoms. The van der Waals surface area contributed by atoms with E-state index in [4.69, 9.17) is 5.11 Å². The van der Waals surface area contributed by atoms with Crippen LogP contribution in [0, 0.1) is 5.92 Å². The largest absolute Gasteiger partial charge is 0.480 e. The number of hydrogen-bond donors (Lipinski definition) is 2. The first-order chi connectivity index (χ1) is 9.66. The Morgan fingerprint density at radius 3 is 2.48 bits per heavy atom. The van der Waals surface area contributed by atoms with Gasteiger partial charge < -0.3 is 15.3 Å². The van der Waals surface area contributed by atoms with Gasteiger partial charge in [-0.2, -0.15) is 13.2 Å². The van der Waals surface area contributed by atoms with Crippen LogP contribution < -0.4 is 5.32 Å². The van der Waals surface area contributed by atoms with Gasteiger partial charge in [0.25, 0.3) is 0 Å². The maximum Gasteiger partial charge on any atom is 0.412 e. The maximum atomic E-state index is 12.5. The lowest BCUT2D eigenvalue weighted by atomic mass is 9.99. The zero-order chi connectivity index (χ0) is 16.2. The van der Waals surface area contributed by atoms with Crippen molar-refractivity contribution in [3.63, 3.8) is 0 Å². The molecule has 1 heterocycles. The zero-order valence-electron chi connectivity index (χ0n) is 11.9. The number of hydrogen-bond acceptors (Lipinski definition) is 2. The third-order valence-corrected chi connectivity index (χ3v) is 3.62. The average Bonchev–Trinajstić information content (AvgIpc) is 2.42. The molecule has 0 aromatic heterocycles. The second kappa shape index (κ2) is 6.82. The standard InChI is InChI=1S/C13H19F3N2O3/c1-3-8(2)10(11(19)20)17-12(21)18-6-4-9(5-7-18)13(14,15)16/h4,8,10H,3,5-7H2,1-2H3,(H,17,21)(H,19,20)/t8-,10-/m0/s1. The van der Waals surface area contributed by atoms with Gasteiger partial charge in [-0.25, -0.2) is 9.59 Å². The van der Waals surface area contributed by atoms with E-state index in [-0.39, 0.29) is 25.4 Å². The number of aliphatic carboxylic acids is 1. The minimum Gasteiger partial charge on any atom is -0.480 e. The number of carboxylic acid groups (broad SMARTS) is 1. The lowest BCUT2D eigenvalue weighted by Gasteiger charge is -2.29. The molecule has 1 rings (SSSR count). The summed E-state index contributed by atoms with van der Waals surface area (Å²) >= 11 is 0. The third-order valence-electron chi connectivity index (χ3n) is 3.62. The molecule has 5 nitrogen and oxygen atoms in total. The number of halogens is 3. The van der Waals surface area contributed by atoms with Gasteiger partial charge in [-0.15, -0.1) is 0 Å². The van der Waals surface area contributed by atoms with E-state index < -0.39 is 29.8 Å². The van der Waals surface area contributed by atoms with E-state index in [2.05, 4.69) is 5.32 Å². The first-order valence-electron chi connectivity index (χ1n) is 6.71. The molecule has 0 aromatic rings. The molecular weight excluding hydrogens is 289 g/mol. The van der Waals surface area contributed by atoms with Crippen LogP contribution in [0.3, 0.4) is 0 Å². The molecule has 0 bridgehead atoms. The van der Waals surface area contributed by atoms with Gasteiger partial charge >= 0.3 is 18.2 Å². The smallest absolute Gasteiger partial charge is 0.412 e. The van der Waals surface area contributed by atoms with E-state index in [1.165, 1.54) is 4.90 Å². The quantitative estimate of drug-likeness (QED) is 0.784. The topological polar surface area (TPSA) is 69.6 Å². The minimum absolute atomic E-state index is 0.0793. The number of alkyl halides is 3. The summed E-state index contributed by atoms with van der Waals surface area (Å²) < 4.78 is 37.4. The summed E-state index contributed by atoms with van der Waals surface area (Å²) in [6.07, 6.45) is -3.13. The van der Waals surface area contributed by atoms with E-state index in [0.717, 1.165) is 6.08 Å². The monoisotopic (exact) mass is 308 g/mol. The van der Waals surface area contributed by atoms with Crippen LogP contribution >= 0.6 is 0 Å². The Bertz CT molecular complexity index is 435. The highest BCUT2D eigenvalue weighted by Crippen LogP contribution is 2.30. The Kier molecular flexibility index (Phi) is 5.62. The molecule has 1 aliphatic heterocycles. The van der Waals surface area contributed by atoms with Crippen molar-refractivity contribution in [3.05, 3.63) is 11.6 Å². The van der Waals surface area contributed by atoms with E-state index >= 15 is 0 Å². The molecule has 1 aliphatic rings. The molecule has 0 aliphatic carbocycles. The van der Waals surface area contributed by atoms with Gasteiger partial charge in [0, 0.05) is 18.7 Å². The Labute approximate surface area is 120 Å². The van der Waals surface area contributed by atoms with Crippen molar-refractivity contribution in [2.45, 2.75) is 38.9 Å². The average molecular weight is 308 g/mol. The van der Waals surface area contributed by atoms with Crippen molar-refractivity contribution < 1.29 is 27.9 Å². The van der Waals surface area contributed by atoms with Crippen LogP contribution in [0.4, 0.5) is 18.0 Å². The molecule has 2 amide bonds. The Balaban J connectivity index is 2.65. The highest BCUT2D eigenvalue weighted by molar-refractivity contribution is 5.83. The Hall–Kier alpha value is -1.73. The second-order valence-corrected chi connectivity index (χ2v) is 5.07. The lowest BCUT2D eigenvalue weighted by Crippen LogP contribution is -2.51. The SMILES string of the molecule is CC[C@H](C)[C@H](NC(=O)N1CC=C(C(F)(F)F)CC1)C(=O)O. The summed E-state index contributed by atoms with van der Waals surface area (Å²) in [6, 6.07) is -1.70. The molecule has 0 aromatic carbocycles. The van der Waals surface area contributed by atoms with Crippen LogP contribution in [-0.4, -0.2) is 47.3 Å². The summed E-state index contributed by atoms with van der Waals surface area (Å²) in [4.78, 5) is 24.2. The predicted octanol–water partition coefficient (Wildman–Crippen LogP) is 2.39. The van der Waals surface area contributed by atoms with Crippen molar-refractivity contribution in [1.82, 2.24) is 10.2 Å². The number of carbonyl (C=O) groups excluding carboxylic acids is 1. The van der Waals surface area contributed by atoms with Crippen molar-refractivity contribution in [2.24, 2.45) is 5.92 Å². The molecular formula is C13H19F3N2O3. The first kappa shape index (κ1) is 17.3. The van der Waals surface area contributed by atoms with Crippen LogP contribution in [0.1, 0.15) is 26.7 Å². The highest BCUT2D eigenvalue weighted by atomic mass is 19.4. The first-order valence-corrected chi connectivity index (χ1v) is 6.71. The molecule has 0 saturated carbocycles. The molecule has 2 N–H and O–H groups in total. The Morgan fingerprint density at radius 2 is 2.10 bits per heavy atom. The number of carbonyl (C=O) groups is 2. The van der Waals surface area contributed by atoms with E-state index in [9.17, 15) is 22.8 Å². The number of nitrogens with zero attached hydrogens (tertiary/aromatic N) is 1. The van der Waals surface area contributed by atoms with Crippen molar-refractivity contribution in [1.29, 1.82) is 0 Å². The van der Waals surface area contributed by atoms with Gasteiger partial charge in [-0.3, -0.25) is 0 Å². The summed E-state index contributed by atoms with van der Waals surface area (Å²) in [7, 11) is 0. The van der Waals surface area contributed by atoms with Gasteiger partial charge in [0.1, 0.15) is 6.04 Å². The molecule has 0 spiro atoms. The molecule has 2 atom stereocenters. The molecule has 0 fully saturated rings. The lowest BCUT2D eigenvalue weighted by molar-refractivity contribution is -0.140. The number of carboxylic acids is 1. The fraction of sp³-hybridized carbons (Fsp3) is 0.692. The minimum atomic E-state index is -4.37. The van der Waals surface area contributed by atoms with E-state index in [1.54, 1.807) is 13.8 Å². The fourth-order valence-electron chi connectivity index (χ4n) is 2.02. The Morgan fingerprint density at radius 1 is 1.48 bits per heavy atom. The second-order valence-electron chi connectivity index (χ2n) is 5.07. The van der Waals surface area contributed by atoms with Crippen LogP contribution in [0.2, 0.25) is 0 Å². The van der Waals surface area contributed by atoms with Crippen molar-refractivity contribution in [3.8, 4) is 0 Å². The van der Waals surface area contributed by atoms with Crippen LogP contribution in [-0.2, 0) is 4.79 Å². The fourth-order valence-corrected chi connectivity index (χ4v) is 2.02. The summed E-state index contributed by atoms with van der Waals surface area (Å²) in [6.45, 7) is 3.24. The van der Waals surface area contributed by atoms with Gasteiger partial charge in [0.2, 0.25) is 0 Å². The molecule has 0 unspecified atom stereocenters. The van der Waals surface area contributed by atoms with Crippen LogP contribution in [0.15, 0.2) is 11.6 Å². The van der Waals surface area contributed by atoms with Crippen molar-refractivity contribution >= 4 is 12.0 Å². The van der Waals surface area contributed by atoms with Crippen LogP contribution in [0.25, 0.3) is 0 Å². The number of urea groups is 1. The number of amides is 2. The number of rotatable bonds is 4. The predicted molar refractivity (Wildman–Crippen MR) is 69.7 cm³/mol. The molecule has 8 heteroatoms. The number of nitrogens with one attached hydrogen (secondary N) is 1. The third kappa shape index (κ3) is 4.64. The highest BCUT2D eigenvalue weighted by Gasteiger charge is 2.36. The summed E-state index contributed by atoms with van der Waals surface area (Å²) in [5, 5.41) is 11.4. The van der Waals surface area contributed by atoms with Gasteiger partial charge in [-0.05, 0) is 12.3 Å². The molecule has 0 radical (unpaired) electrons. The molecule has 0 saturated heterocycles. The maximum absolute atomic E-state index is 12.5. The van der Waals surface area contributed by atoms with E-state index in [0.29, 0.717) is 6.42 Å². The summed E-state index contributed by atoms with van der Waals surface area (Å²) in [5.74, 6) is -1.42. The van der Waals surface area contributed by atoms with Gasteiger partial charge in [-0.1, -0.05) is 26.3 Å². The molecule has 120 valence electrons. The zero-order valence-corrected chi connectivity index (χ0v) is 11.9.